The van der Waals surface area contributed by atoms with E-state index < -0.39 is 0 Å². The molecule has 0 bridgehead atoms. The minimum absolute atomic E-state index is 0.0930. The highest BCUT2D eigenvalue weighted by atomic mass is 35.5. The van der Waals surface area contributed by atoms with Crippen LogP contribution in [0.5, 0.6) is 5.75 Å². The molecule has 0 atom stereocenters. The van der Waals surface area contributed by atoms with E-state index >= 15 is 0 Å². The topological polar surface area (TPSA) is 74.1 Å². The van der Waals surface area contributed by atoms with Crippen molar-refractivity contribution < 1.29 is 9.53 Å². The first-order valence-electron chi connectivity index (χ1n) is 8.64. The Hall–Kier alpha value is -3.49. The number of nitriles is 1. The van der Waals surface area contributed by atoms with E-state index in [0.29, 0.717) is 34.3 Å². The zero-order valence-electron chi connectivity index (χ0n) is 15.0. The van der Waals surface area contributed by atoms with Crippen molar-refractivity contribution in [1.82, 2.24) is 0 Å². The molecule has 6 heteroatoms. The minimum Gasteiger partial charge on any atom is -0.489 e. The number of benzene rings is 3. The maximum absolute atomic E-state index is 12.2. The summed E-state index contributed by atoms with van der Waals surface area (Å²) in [7, 11) is 0. The van der Waals surface area contributed by atoms with Crippen LogP contribution < -0.4 is 15.4 Å². The predicted octanol–water partition coefficient (Wildman–Crippen LogP) is 4.84. The second-order valence-corrected chi connectivity index (χ2v) is 6.42. The maximum atomic E-state index is 12.2. The monoisotopic (exact) mass is 391 g/mol. The zero-order valence-corrected chi connectivity index (χ0v) is 15.7. The van der Waals surface area contributed by atoms with Gasteiger partial charge in [-0.1, -0.05) is 41.9 Å². The number of para-hydroxylation sites is 1. The molecule has 140 valence electrons. The highest BCUT2D eigenvalue weighted by Crippen LogP contribution is 2.21. The van der Waals surface area contributed by atoms with Gasteiger partial charge >= 0.3 is 0 Å². The fourth-order valence-corrected chi connectivity index (χ4v) is 2.75. The molecule has 3 rings (SSSR count). The zero-order chi connectivity index (χ0) is 19.8. The van der Waals surface area contributed by atoms with Crippen LogP contribution in [0.1, 0.15) is 11.1 Å². The lowest BCUT2D eigenvalue weighted by Crippen LogP contribution is -2.21. The van der Waals surface area contributed by atoms with Gasteiger partial charge in [0.15, 0.2) is 0 Å². The molecular weight excluding hydrogens is 374 g/mol. The Labute approximate surface area is 168 Å². The maximum Gasteiger partial charge on any atom is 0.243 e. The SMILES string of the molecule is N#Cc1cccc(COc2cccc(NC(=O)CNc3ccccc3Cl)c2)c1. The highest BCUT2D eigenvalue weighted by Gasteiger charge is 2.05. The summed E-state index contributed by atoms with van der Waals surface area (Å²) in [6.07, 6.45) is 0. The summed E-state index contributed by atoms with van der Waals surface area (Å²) < 4.78 is 5.77. The lowest BCUT2D eigenvalue weighted by atomic mass is 10.1. The van der Waals surface area contributed by atoms with Gasteiger partial charge in [-0.15, -0.1) is 0 Å². The van der Waals surface area contributed by atoms with Crippen molar-refractivity contribution in [3.63, 3.8) is 0 Å². The van der Waals surface area contributed by atoms with E-state index in [9.17, 15) is 4.79 Å². The average molecular weight is 392 g/mol. The van der Waals surface area contributed by atoms with Crippen LogP contribution in [0.3, 0.4) is 0 Å². The first-order valence-corrected chi connectivity index (χ1v) is 9.02. The molecule has 1 amide bonds. The van der Waals surface area contributed by atoms with E-state index in [1.165, 1.54) is 0 Å². The average Bonchev–Trinajstić information content (AvgIpc) is 2.72. The third kappa shape index (κ3) is 5.50. The summed E-state index contributed by atoms with van der Waals surface area (Å²) in [5, 5.41) is 15.3. The number of carbonyl (C=O) groups is 1. The molecular formula is C22H18ClN3O2. The van der Waals surface area contributed by atoms with Crippen LogP contribution in [-0.2, 0) is 11.4 Å². The Kier molecular flexibility index (Phi) is 6.50. The molecule has 28 heavy (non-hydrogen) atoms. The van der Waals surface area contributed by atoms with Gasteiger partial charge in [0.05, 0.1) is 28.9 Å². The van der Waals surface area contributed by atoms with Crippen molar-refractivity contribution >= 4 is 28.9 Å². The fraction of sp³-hybridized carbons (Fsp3) is 0.0909. The van der Waals surface area contributed by atoms with E-state index in [1.807, 2.05) is 36.4 Å². The Morgan fingerprint density at radius 3 is 2.68 bits per heavy atom. The number of nitrogens with one attached hydrogen (secondary N) is 2. The number of hydrogen-bond donors (Lipinski definition) is 2. The van der Waals surface area contributed by atoms with Crippen molar-refractivity contribution in [1.29, 1.82) is 5.26 Å². The summed E-state index contributed by atoms with van der Waals surface area (Å²) in [4.78, 5) is 12.2. The number of nitrogens with zero attached hydrogens (tertiary/aromatic N) is 1. The lowest BCUT2D eigenvalue weighted by Gasteiger charge is -2.11. The third-order valence-corrected chi connectivity index (χ3v) is 4.22. The lowest BCUT2D eigenvalue weighted by molar-refractivity contribution is -0.114. The van der Waals surface area contributed by atoms with Gasteiger partial charge in [0.1, 0.15) is 12.4 Å². The molecule has 0 aromatic heterocycles. The molecule has 0 aliphatic rings. The molecule has 0 spiro atoms. The predicted molar refractivity (Wildman–Crippen MR) is 111 cm³/mol. The van der Waals surface area contributed by atoms with Gasteiger partial charge in [-0.2, -0.15) is 5.26 Å². The van der Waals surface area contributed by atoms with Crippen LogP contribution in [0, 0.1) is 11.3 Å². The van der Waals surface area contributed by atoms with E-state index in [2.05, 4.69) is 16.7 Å². The van der Waals surface area contributed by atoms with Crippen LogP contribution in [0.15, 0.2) is 72.8 Å². The fourth-order valence-electron chi connectivity index (χ4n) is 2.55. The molecule has 2 N–H and O–H groups in total. The van der Waals surface area contributed by atoms with E-state index in [4.69, 9.17) is 21.6 Å². The van der Waals surface area contributed by atoms with Gasteiger partial charge in [-0.25, -0.2) is 0 Å². The van der Waals surface area contributed by atoms with Gasteiger partial charge in [0.2, 0.25) is 5.91 Å². The summed E-state index contributed by atoms with van der Waals surface area (Å²) in [5.41, 5.74) is 2.83. The van der Waals surface area contributed by atoms with Gasteiger partial charge in [-0.3, -0.25) is 4.79 Å². The molecule has 0 saturated carbocycles. The molecule has 0 fully saturated rings. The number of rotatable bonds is 7. The second kappa shape index (κ2) is 9.45. The van der Waals surface area contributed by atoms with Crippen LogP contribution >= 0.6 is 11.6 Å². The summed E-state index contributed by atoms with van der Waals surface area (Å²) in [6, 6.07) is 23.8. The van der Waals surface area contributed by atoms with Crippen LogP contribution in [-0.4, -0.2) is 12.5 Å². The number of halogens is 1. The van der Waals surface area contributed by atoms with E-state index in [1.54, 1.807) is 36.4 Å². The van der Waals surface area contributed by atoms with Crippen molar-refractivity contribution in [2.24, 2.45) is 0 Å². The summed E-state index contributed by atoms with van der Waals surface area (Å²) in [6.45, 7) is 0.427. The smallest absolute Gasteiger partial charge is 0.243 e. The molecule has 0 heterocycles. The van der Waals surface area contributed by atoms with Crippen molar-refractivity contribution in [2.75, 3.05) is 17.2 Å². The van der Waals surface area contributed by atoms with Crippen LogP contribution in [0.25, 0.3) is 0 Å². The van der Waals surface area contributed by atoms with Gasteiger partial charge in [0, 0.05) is 11.8 Å². The normalized spacial score (nSPS) is 10.0. The highest BCUT2D eigenvalue weighted by molar-refractivity contribution is 6.33. The first-order chi connectivity index (χ1) is 13.6. The Morgan fingerprint density at radius 1 is 1.04 bits per heavy atom. The first kappa shape index (κ1) is 19.3. The van der Waals surface area contributed by atoms with Crippen LogP contribution in [0.4, 0.5) is 11.4 Å². The molecule has 3 aromatic rings. The Morgan fingerprint density at radius 2 is 1.86 bits per heavy atom. The van der Waals surface area contributed by atoms with Crippen molar-refractivity contribution in [3.05, 3.63) is 88.9 Å². The Bertz CT molecular complexity index is 1010. The van der Waals surface area contributed by atoms with Gasteiger partial charge in [-0.05, 0) is 42.0 Å². The van der Waals surface area contributed by atoms with E-state index in [0.717, 1.165) is 5.56 Å². The Balaban J connectivity index is 1.54. The molecule has 3 aromatic carbocycles. The largest absolute Gasteiger partial charge is 0.489 e. The van der Waals surface area contributed by atoms with Crippen LogP contribution in [0.2, 0.25) is 5.02 Å². The molecule has 0 unspecified atom stereocenters. The van der Waals surface area contributed by atoms with Crippen molar-refractivity contribution in [3.8, 4) is 11.8 Å². The number of hydrogen-bond acceptors (Lipinski definition) is 4. The summed E-state index contributed by atoms with van der Waals surface area (Å²) in [5.74, 6) is 0.429. The van der Waals surface area contributed by atoms with E-state index in [-0.39, 0.29) is 12.5 Å². The molecule has 0 aliphatic heterocycles. The number of amides is 1. The van der Waals surface area contributed by atoms with Crippen molar-refractivity contribution in [2.45, 2.75) is 6.61 Å². The standard InChI is InChI=1S/C22H18ClN3O2/c23-20-9-1-2-10-21(20)25-14-22(27)26-18-7-4-8-19(12-18)28-15-17-6-3-5-16(11-17)13-24/h1-12,25H,14-15H2,(H,26,27). The number of carbonyl (C=O) groups excluding carboxylic acids is 1. The van der Waals surface area contributed by atoms with Gasteiger partial charge < -0.3 is 15.4 Å². The molecule has 0 radical (unpaired) electrons. The molecule has 5 nitrogen and oxygen atoms in total. The second-order valence-electron chi connectivity index (χ2n) is 6.01. The number of anilines is 2. The van der Waals surface area contributed by atoms with Gasteiger partial charge in [0.25, 0.3) is 0 Å². The quantitative estimate of drug-likeness (QED) is 0.604. The number of ether oxygens (including phenoxy) is 1. The molecule has 0 saturated heterocycles. The minimum atomic E-state index is -0.196. The summed E-state index contributed by atoms with van der Waals surface area (Å²) >= 11 is 6.06. The third-order valence-electron chi connectivity index (χ3n) is 3.89. The molecule has 0 aliphatic carbocycles.